The van der Waals surface area contributed by atoms with Crippen LogP contribution in [0.1, 0.15) is 44.1 Å². The fourth-order valence-corrected chi connectivity index (χ4v) is 3.78. The monoisotopic (exact) mass is 300 g/mol. The van der Waals surface area contributed by atoms with Crippen LogP contribution in [0.5, 0.6) is 0 Å². The molecule has 0 radical (unpaired) electrons. The summed E-state index contributed by atoms with van der Waals surface area (Å²) in [7, 11) is 0. The molecule has 0 spiro atoms. The molecule has 0 amide bonds. The number of rotatable bonds is 4. The zero-order valence-electron chi connectivity index (χ0n) is 13.0. The van der Waals surface area contributed by atoms with Crippen LogP contribution < -0.4 is 0 Å². The normalized spacial score (nSPS) is 21.8. The van der Waals surface area contributed by atoms with Gasteiger partial charge in [0, 0.05) is 37.4 Å². The van der Waals surface area contributed by atoms with E-state index in [9.17, 15) is 0 Å². The number of H-pyrrole nitrogens is 1. The minimum atomic E-state index is 0.477. The third-order valence-corrected chi connectivity index (χ3v) is 5.06. The van der Waals surface area contributed by atoms with Crippen molar-refractivity contribution >= 4 is 11.0 Å². The molecular weight excluding hydrogens is 276 g/mol. The van der Waals surface area contributed by atoms with Crippen molar-refractivity contribution in [3.8, 4) is 0 Å². The summed E-state index contributed by atoms with van der Waals surface area (Å²) in [5.74, 6) is 0. The Bertz CT molecular complexity index is 612. The maximum Gasteiger partial charge on any atom is 0.140 e. The first-order valence-electron chi connectivity index (χ1n) is 8.52. The first-order chi connectivity index (χ1) is 10.9. The molecule has 118 valence electrons. The smallest absolute Gasteiger partial charge is 0.140 e. The summed E-state index contributed by atoms with van der Waals surface area (Å²) in [5, 5.41) is 1.15. The summed E-state index contributed by atoms with van der Waals surface area (Å²) in [4.78, 5) is 14.1. The van der Waals surface area contributed by atoms with Gasteiger partial charge in [0.1, 0.15) is 12.0 Å². The van der Waals surface area contributed by atoms with Gasteiger partial charge in [-0.15, -0.1) is 0 Å². The van der Waals surface area contributed by atoms with E-state index in [1.54, 1.807) is 6.33 Å². The van der Waals surface area contributed by atoms with Crippen LogP contribution in [-0.4, -0.2) is 45.1 Å². The Morgan fingerprint density at radius 2 is 1.91 bits per heavy atom. The average Bonchev–Trinajstić information content (AvgIpc) is 3.20. The van der Waals surface area contributed by atoms with Crippen molar-refractivity contribution in [2.75, 3.05) is 13.1 Å². The van der Waals surface area contributed by atoms with Gasteiger partial charge in [0.25, 0.3) is 0 Å². The summed E-state index contributed by atoms with van der Waals surface area (Å²) >= 11 is 0. The maximum atomic E-state index is 6.25. The van der Waals surface area contributed by atoms with Crippen LogP contribution in [0.25, 0.3) is 11.0 Å². The Balaban J connectivity index is 1.32. The van der Waals surface area contributed by atoms with Gasteiger partial charge in [0.05, 0.1) is 12.2 Å². The van der Waals surface area contributed by atoms with Crippen molar-refractivity contribution in [1.82, 2.24) is 19.9 Å². The SMILES string of the molecule is c1ncc2c(CN3CCC(OC4CCCC4)CC3)c[nH]c2n1. The number of aromatic amines is 1. The molecule has 22 heavy (non-hydrogen) atoms. The van der Waals surface area contributed by atoms with Crippen molar-refractivity contribution in [2.24, 2.45) is 0 Å². The molecule has 1 aliphatic heterocycles. The molecule has 4 rings (SSSR count). The first-order valence-corrected chi connectivity index (χ1v) is 8.52. The topological polar surface area (TPSA) is 54.0 Å². The summed E-state index contributed by atoms with van der Waals surface area (Å²) in [6, 6.07) is 0. The Kier molecular flexibility index (Phi) is 4.08. The second-order valence-electron chi connectivity index (χ2n) is 6.62. The number of piperidine rings is 1. The molecule has 0 aromatic carbocycles. The maximum absolute atomic E-state index is 6.25. The number of fused-ring (bicyclic) bond motifs is 1. The molecule has 0 atom stereocenters. The van der Waals surface area contributed by atoms with E-state index in [2.05, 4.69) is 26.0 Å². The van der Waals surface area contributed by atoms with Crippen molar-refractivity contribution in [3.63, 3.8) is 0 Å². The second-order valence-corrected chi connectivity index (χ2v) is 6.62. The van der Waals surface area contributed by atoms with Crippen LogP contribution in [0, 0.1) is 0 Å². The van der Waals surface area contributed by atoms with E-state index in [4.69, 9.17) is 4.74 Å². The Labute approximate surface area is 131 Å². The summed E-state index contributed by atoms with van der Waals surface area (Å²) < 4.78 is 6.25. The van der Waals surface area contributed by atoms with Crippen LogP contribution in [0.4, 0.5) is 0 Å². The van der Waals surface area contributed by atoms with Gasteiger partial charge >= 0.3 is 0 Å². The summed E-state index contributed by atoms with van der Waals surface area (Å²) in [6.07, 6.45) is 14.2. The van der Waals surface area contributed by atoms with Gasteiger partial charge in [-0.25, -0.2) is 9.97 Å². The van der Waals surface area contributed by atoms with Crippen LogP contribution in [0.3, 0.4) is 0 Å². The molecule has 0 bridgehead atoms. The molecule has 3 heterocycles. The molecule has 1 aliphatic carbocycles. The molecule has 0 unspecified atom stereocenters. The van der Waals surface area contributed by atoms with Crippen molar-refractivity contribution < 1.29 is 4.74 Å². The van der Waals surface area contributed by atoms with Crippen LogP contribution in [0.2, 0.25) is 0 Å². The van der Waals surface area contributed by atoms with E-state index in [1.807, 2.05) is 6.20 Å². The van der Waals surface area contributed by atoms with Crippen molar-refractivity contribution in [2.45, 2.75) is 57.3 Å². The quantitative estimate of drug-likeness (QED) is 0.943. The second kappa shape index (κ2) is 6.34. The number of hydrogen-bond acceptors (Lipinski definition) is 4. The van der Waals surface area contributed by atoms with Crippen LogP contribution in [0.15, 0.2) is 18.7 Å². The molecule has 1 saturated carbocycles. The van der Waals surface area contributed by atoms with Crippen LogP contribution in [-0.2, 0) is 11.3 Å². The highest BCUT2D eigenvalue weighted by atomic mass is 16.5. The number of nitrogens with one attached hydrogen (secondary N) is 1. The van der Waals surface area contributed by atoms with E-state index in [0.29, 0.717) is 12.2 Å². The highest BCUT2D eigenvalue weighted by molar-refractivity contribution is 5.78. The lowest BCUT2D eigenvalue weighted by molar-refractivity contribution is -0.0399. The summed E-state index contributed by atoms with van der Waals surface area (Å²) in [6.45, 7) is 3.22. The predicted octanol–water partition coefficient (Wildman–Crippen LogP) is 2.88. The fraction of sp³-hybridized carbons (Fsp3) is 0.647. The Morgan fingerprint density at radius 1 is 1.14 bits per heavy atom. The number of nitrogens with zero attached hydrogens (tertiary/aromatic N) is 3. The van der Waals surface area contributed by atoms with E-state index in [1.165, 1.54) is 31.2 Å². The molecule has 5 heteroatoms. The number of ether oxygens (including phenoxy) is 1. The van der Waals surface area contributed by atoms with Gasteiger partial charge in [-0.2, -0.15) is 0 Å². The Hall–Kier alpha value is -1.46. The summed E-state index contributed by atoms with van der Waals surface area (Å²) in [5.41, 5.74) is 2.23. The zero-order valence-corrected chi connectivity index (χ0v) is 13.0. The van der Waals surface area contributed by atoms with Gasteiger partial charge in [-0.1, -0.05) is 12.8 Å². The molecule has 5 nitrogen and oxygen atoms in total. The lowest BCUT2D eigenvalue weighted by Gasteiger charge is -2.33. The Morgan fingerprint density at radius 3 is 2.73 bits per heavy atom. The van der Waals surface area contributed by atoms with Crippen LogP contribution >= 0.6 is 0 Å². The molecular formula is C17H24N4O. The minimum absolute atomic E-state index is 0.477. The molecule has 2 aromatic heterocycles. The predicted molar refractivity (Wildman–Crippen MR) is 85.5 cm³/mol. The van der Waals surface area contributed by atoms with Crippen molar-refractivity contribution in [3.05, 3.63) is 24.3 Å². The molecule has 1 saturated heterocycles. The average molecular weight is 300 g/mol. The number of likely N-dealkylation sites (tertiary alicyclic amines) is 1. The lowest BCUT2D eigenvalue weighted by Crippen LogP contribution is -2.37. The van der Waals surface area contributed by atoms with Gasteiger partial charge in [0.15, 0.2) is 0 Å². The number of aromatic nitrogens is 3. The standard InChI is InChI=1S/C17H24N4O/c1-2-4-14(3-1)22-15-5-7-21(8-6-15)11-13-9-19-17-16(13)10-18-12-20-17/h9-10,12,14-15H,1-8,11H2,(H,18,19,20). The molecule has 2 aliphatic rings. The molecule has 2 fully saturated rings. The fourth-order valence-electron chi connectivity index (χ4n) is 3.78. The minimum Gasteiger partial charge on any atom is -0.375 e. The largest absolute Gasteiger partial charge is 0.375 e. The van der Waals surface area contributed by atoms with Gasteiger partial charge in [0.2, 0.25) is 0 Å². The third kappa shape index (κ3) is 3.01. The first kappa shape index (κ1) is 14.2. The van der Waals surface area contributed by atoms with E-state index in [0.717, 1.165) is 43.5 Å². The van der Waals surface area contributed by atoms with Gasteiger partial charge in [-0.05, 0) is 31.2 Å². The van der Waals surface area contributed by atoms with Crippen molar-refractivity contribution in [1.29, 1.82) is 0 Å². The van der Waals surface area contributed by atoms with E-state index >= 15 is 0 Å². The highest BCUT2D eigenvalue weighted by Gasteiger charge is 2.25. The lowest BCUT2D eigenvalue weighted by atomic mass is 10.1. The number of hydrogen-bond donors (Lipinski definition) is 1. The third-order valence-electron chi connectivity index (χ3n) is 5.06. The van der Waals surface area contributed by atoms with Gasteiger partial charge < -0.3 is 9.72 Å². The van der Waals surface area contributed by atoms with E-state index in [-0.39, 0.29) is 0 Å². The highest BCUT2D eigenvalue weighted by Crippen LogP contribution is 2.26. The van der Waals surface area contributed by atoms with E-state index < -0.39 is 0 Å². The molecule has 1 N–H and O–H groups in total. The zero-order chi connectivity index (χ0) is 14.8. The van der Waals surface area contributed by atoms with Gasteiger partial charge in [-0.3, -0.25) is 4.90 Å². The molecule has 2 aromatic rings.